The normalized spacial score (nSPS) is 38.7. The van der Waals surface area contributed by atoms with Gasteiger partial charge in [-0.2, -0.15) is 0 Å². The molecule has 1 rings (SSSR count). The van der Waals surface area contributed by atoms with Gasteiger partial charge in [-0.05, 0) is 12.5 Å². The summed E-state index contributed by atoms with van der Waals surface area (Å²) in [4.78, 5) is 2.55. The lowest BCUT2D eigenvalue weighted by molar-refractivity contribution is -0.0637. The smallest absolute Gasteiger partial charge is 0.129 e. The minimum atomic E-state index is -1.10. The third-order valence-corrected chi connectivity index (χ3v) is 2.22. The van der Waals surface area contributed by atoms with Crippen molar-refractivity contribution in [3.05, 3.63) is 10.4 Å². The Bertz CT molecular complexity index is 220. The molecule has 0 aliphatic carbocycles. The second kappa shape index (κ2) is 3.91. The largest absolute Gasteiger partial charge is 0.393 e. The molecular formula is C7H12FN3O2. The van der Waals surface area contributed by atoms with Crippen LogP contribution in [0.5, 0.6) is 0 Å². The van der Waals surface area contributed by atoms with Crippen LogP contribution in [0.1, 0.15) is 13.3 Å². The van der Waals surface area contributed by atoms with E-state index in [4.69, 9.17) is 15.4 Å². The molecule has 1 aliphatic heterocycles. The van der Waals surface area contributed by atoms with Crippen LogP contribution >= 0.6 is 0 Å². The Hall–Kier alpha value is -0.840. The van der Waals surface area contributed by atoms with Crippen LogP contribution in [-0.2, 0) is 4.74 Å². The van der Waals surface area contributed by atoms with E-state index in [1.165, 1.54) is 0 Å². The van der Waals surface area contributed by atoms with E-state index < -0.39 is 17.9 Å². The molecule has 0 aromatic carbocycles. The number of ether oxygens (including phenoxy) is 1. The molecule has 1 heterocycles. The van der Waals surface area contributed by atoms with Crippen molar-refractivity contribution in [3.63, 3.8) is 0 Å². The molecule has 3 atom stereocenters. The van der Waals surface area contributed by atoms with Gasteiger partial charge in [0, 0.05) is 11.3 Å². The van der Waals surface area contributed by atoms with Gasteiger partial charge in [-0.15, -0.1) is 0 Å². The van der Waals surface area contributed by atoms with Crippen LogP contribution < -0.4 is 0 Å². The average molecular weight is 189 g/mol. The van der Waals surface area contributed by atoms with E-state index in [0.717, 1.165) is 0 Å². The highest BCUT2D eigenvalue weighted by molar-refractivity contribution is 4.94. The molecule has 1 aliphatic rings. The van der Waals surface area contributed by atoms with Gasteiger partial charge >= 0.3 is 0 Å². The molecule has 0 amide bonds. The summed E-state index contributed by atoms with van der Waals surface area (Å²) in [5.74, 6) is 0. The van der Waals surface area contributed by atoms with E-state index in [9.17, 15) is 4.39 Å². The first-order valence-electron chi connectivity index (χ1n) is 4.07. The van der Waals surface area contributed by atoms with Gasteiger partial charge in [0.25, 0.3) is 0 Å². The zero-order chi connectivity index (χ0) is 9.90. The summed E-state index contributed by atoms with van der Waals surface area (Å²) in [5.41, 5.74) is 7.09. The Morgan fingerprint density at radius 3 is 2.92 bits per heavy atom. The number of aliphatic hydroxyl groups is 1. The number of hydrogen-bond acceptors (Lipinski definition) is 3. The molecule has 0 saturated carbocycles. The van der Waals surface area contributed by atoms with Crippen molar-refractivity contribution in [1.82, 2.24) is 0 Å². The number of alkyl halides is 1. The Labute approximate surface area is 75.1 Å². The molecule has 6 heteroatoms. The van der Waals surface area contributed by atoms with E-state index in [2.05, 4.69) is 10.0 Å². The Morgan fingerprint density at radius 1 is 1.85 bits per heavy atom. The number of aliphatic hydroxyl groups excluding tert-OH is 1. The summed E-state index contributed by atoms with van der Waals surface area (Å²) in [5, 5.41) is 12.3. The van der Waals surface area contributed by atoms with Crippen LogP contribution in [0.15, 0.2) is 5.11 Å². The predicted molar refractivity (Wildman–Crippen MR) is 43.9 cm³/mol. The van der Waals surface area contributed by atoms with Crippen LogP contribution in [0.4, 0.5) is 4.39 Å². The Balaban J connectivity index is 2.66. The molecule has 1 saturated heterocycles. The zero-order valence-corrected chi connectivity index (χ0v) is 7.35. The van der Waals surface area contributed by atoms with Crippen molar-refractivity contribution in [2.75, 3.05) is 13.2 Å². The summed E-state index contributed by atoms with van der Waals surface area (Å²) < 4.78 is 18.3. The Kier molecular flexibility index (Phi) is 3.08. The number of hydrogen-bond donors (Lipinski definition) is 1. The van der Waals surface area contributed by atoms with Crippen molar-refractivity contribution < 1.29 is 14.2 Å². The highest BCUT2D eigenvalue weighted by Gasteiger charge is 2.44. The second-order valence-electron chi connectivity index (χ2n) is 3.27. The number of nitrogens with zero attached hydrogens (tertiary/aromatic N) is 3. The van der Waals surface area contributed by atoms with E-state index in [-0.39, 0.29) is 19.6 Å². The fourth-order valence-electron chi connectivity index (χ4n) is 1.45. The lowest BCUT2D eigenvalue weighted by Crippen LogP contribution is -2.36. The minimum absolute atomic E-state index is 0.0231. The van der Waals surface area contributed by atoms with Gasteiger partial charge in [-0.1, -0.05) is 5.11 Å². The van der Waals surface area contributed by atoms with Crippen molar-refractivity contribution in [2.24, 2.45) is 5.11 Å². The van der Waals surface area contributed by atoms with Gasteiger partial charge in [0.2, 0.25) is 0 Å². The molecule has 13 heavy (non-hydrogen) atoms. The van der Waals surface area contributed by atoms with Crippen molar-refractivity contribution in [3.8, 4) is 0 Å². The van der Waals surface area contributed by atoms with Gasteiger partial charge in [0.15, 0.2) is 0 Å². The molecule has 1 fully saturated rings. The molecule has 0 radical (unpaired) electrons. The van der Waals surface area contributed by atoms with Gasteiger partial charge in [0.1, 0.15) is 11.8 Å². The van der Waals surface area contributed by atoms with E-state index in [1.54, 1.807) is 6.92 Å². The molecule has 0 spiro atoms. The van der Waals surface area contributed by atoms with Crippen LogP contribution in [-0.4, -0.2) is 36.1 Å². The van der Waals surface area contributed by atoms with E-state index in [0.29, 0.717) is 0 Å². The standard InChI is InChI=1S/C7H12FN3O2/c1-5-6(8)2-7(4-12,13-5)3-10-11-9/h5-6,12H,2-4H2,1H3/t5-,6+,7+/m0/s1. The monoisotopic (exact) mass is 189 g/mol. The van der Waals surface area contributed by atoms with Crippen molar-refractivity contribution in [1.29, 1.82) is 0 Å². The van der Waals surface area contributed by atoms with E-state index >= 15 is 0 Å². The topological polar surface area (TPSA) is 78.2 Å². The predicted octanol–water partition coefficient (Wildman–Crippen LogP) is 1.17. The summed E-state index contributed by atoms with van der Waals surface area (Å²) in [6.07, 6.45) is -1.55. The van der Waals surface area contributed by atoms with Gasteiger partial charge < -0.3 is 9.84 Å². The Morgan fingerprint density at radius 2 is 2.54 bits per heavy atom. The molecule has 74 valence electrons. The summed E-state index contributed by atoms with van der Waals surface area (Å²) >= 11 is 0. The molecule has 1 N–H and O–H groups in total. The number of halogens is 1. The molecular weight excluding hydrogens is 177 g/mol. The maximum Gasteiger partial charge on any atom is 0.129 e. The first-order chi connectivity index (χ1) is 6.13. The SMILES string of the molecule is C[C@@H]1O[C@@](CO)(CN=[N+]=[N-])C[C@H]1F. The van der Waals surface area contributed by atoms with E-state index in [1.807, 2.05) is 0 Å². The van der Waals surface area contributed by atoms with Crippen LogP contribution in [0.3, 0.4) is 0 Å². The van der Waals surface area contributed by atoms with Crippen LogP contribution in [0.25, 0.3) is 10.4 Å². The van der Waals surface area contributed by atoms with Crippen molar-refractivity contribution >= 4 is 0 Å². The summed E-state index contributed by atoms with van der Waals surface area (Å²) in [6.45, 7) is 1.25. The quantitative estimate of drug-likeness (QED) is 0.411. The highest BCUT2D eigenvalue weighted by atomic mass is 19.1. The average Bonchev–Trinajstić information content (AvgIpc) is 2.40. The van der Waals surface area contributed by atoms with Crippen LogP contribution in [0.2, 0.25) is 0 Å². The maximum atomic E-state index is 13.1. The fourth-order valence-corrected chi connectivity index (χ4v) is 1.45. The fraction of sp³-hybridized carbons (Fsp3) is 1.00. The number of rotatable bonds is 3. The molecule has 0 unspecified atom stereocenters. The lowest BCUT2D eigenvalue weighted by Gasteiger charge is -2.23. The third-order valence-electron chi connectivity index (χ3n) is 2.22. The van der Waals surface area contributed by atoms with Crippen LogP contribution in [0, 0.1) is 0 Å². The molecule has 5 nitrogen and oxygen atoms in total. The van der Waals surface area contributed by atoms with Gasteiger partial charge in [0.05, 0.1) is 19.3 Å². The maximum absolute atomic E-state index is 13.1. The molecule has 0 aromatic heterocycles. The molecule has 0 bridgehead atoms. The van der Waals surface area contributed by atoms with Gasteiger partial charge in [-0.3, -0.25) is 0 Å². The summed E-state index contributed by atoms with van der Waals surface area (Å²) in [7, 11) is 0. The summed E-state index contributed by atoms with van der Waals surface area (Å²) in [6, 6.07) is 0. The molecule has 0 aromatic rings. The van der Waals surface area contributed by atoms with Crippen molar-refractivity contribution in [2.45, 2.75) is 31.2 Å². The van der Waals surface area contributed by atoms with Gasteiger partial charge in [-0.25, -0.2) is 4.39 Å². The minimum Gasteiger partial charge on any atom is -0.393 e. The third kappa shape index (κ3) is 2.09. The number of azide groups is 1. The zero-order valence-electron chi connectivity index (χ0n) is 7.35. The lowest BCUT2D eigenvalue weighted by atomic mass is 10.0. The second-order valence-corrected chi connectivity index (χ2v) is 3.27. The highest BCUT2D eigenvalue weighted by Crippen LogP contribution is 2.32. The first kappa shape index (κ1) is 10.2. The first-order valence-corrected chi connectivity index (χ1v) is 4.07.